The van der Waals surface area contributed by atoms with Crippen LogP contribution < -0.4 is 0 Å². The second-order valence-electron chi connectivity index (χ2n) is 4.28. The fourth-order valence-corrected chi connectivity index (χ4v) is 2.47. The molecular formula is C12H24O. The molecule has 0 aromatic carbocycles. The van der Waals surface area contributed by atoms with Gasteiger partial charge in [-0.1, -0.05) is 39.0 Å². The number of rotatable bonds is 5. The molecule has 0 spiro atoms. The highest BCUT2D eigenvalue weighted by molar-refractivity contribution is 4.84. The van der Waals surface area contributed by atoms with Gasteiger partial charge >= 0.3 is 0 Å². The molecule has 1 heteroatoms. The molecule has 13 heavy (non-hydrogen) atoms. The zero-order valence-corrected chi connectivity index (χ0v) is 9.27. The van der Waals surface area contributed by atoms with Crippen LogP contribution in [0.4, 0.5) is 0 Å². The lowest BCUT2D eigenvalue weighted by atomic mass is 9.81. The molecule has 1 fully saturated rings. The van der Waals surface area contributed by atoms with E-state index in [9.17, 15) is 0 Å². The van der Waals surface area contributed by atoms with Crippen LogP contribution in [0.15, 0.2) is 0 Å². The van der Waals surface area contributed by atoms with Gasteiger partial charge in [-0.25, -0.2) is 0 Å². The lowest BCUT2D eigenvalue weighted by Crippen LogP contribution is -2.35. The van der Waals surface area contributed by atoms with E-state index in [1.807, 2.05) is 0 Å². The third-order valence-electron chi connectivity index (χ3n) is 3.20. The maximum Gasteiger partial charge on any atom is 0.0682 e. The van der Waals surface area contributed by atoms with E-state index < -0.39 is 0 Å². The van der Waals surface area contributed by atoms with Crippen molar-refractivity contribution in [3.63, 3.8) is 0 Å². The van der Waals surface area contributed by atoms with Crippen LogP contribution in [-0.4, -0.2) is 12.2 Å². The molecule has 0 amide bonds. The average molecular weight is 184 g/mol. The molecule has 0 heterocycles. The Kier molecular flexibility index (Phi) is 4.79. The van der Waals surface area contributed by atoms with Crippen molar-refractivity contribution in [2.24, 2.45) is 0 Å². The minimum atomic E-state index is 0.281. The SMILES string of the molecule is CCCCC1(OCC)CCCCC1. The third kappa shape index (κ3) is 3.30. The van der Waals surface area contributed by atoms with Crippen molar-refractivity contribution in [1.82, 2.24) is 0 Å². The first-order valence-corrected chi connectivity index (χ1v) is 5.97. The van der Waals surface area contributed by atoms with Gasteiger partial charge in [0.05, 0.1) is 5.60 Å². The van der Waals surface area contributed by atoms with Gasteiger partial charge in [0.15, 0.2) is 0 Å². The molecule has 1 aliphatic carbocycles. The lowest BCUT2D eigenvalue weighted by Gasteiger charge is -2.37. The molecule has 1 rings (SSSR count). The normalized spacial score (nSPS) is 21.7. The molecule has 0 radical (unpaired) electrons. The summed E-state index contributed by atoms with van der Waals surface area (Å²) in [6.45, 7) is 5.29. The molecule has 0 aliphatic heterocycles. The highest BCUT2D eigenvalue weighted by atomic mass is 16.5. The van der Waals surface area contributed by atoms with Gasteiger partial charge in [0.25, 0.3) is 0 Å². The number of ether oxygens (including phenoxy) is 1. The Morgan fingerprint density at radius 2 is 1.77 bits per heavy atom. The van der Waals surface area contributed by atoms with Gasteiger partial charge in [-0.05, 0) is 26.2 Å². The van der Waals surface area contributed by atoms with Crippen LogP contribution in [0.1, 0.15) is 65.2 Å². The van der Waals surface area contributed by atoms with Crippen molar-refractivity contribution in [3.05, 3.63) is 0 Å². The fraction of sp³-hybridized carbons (Fsp3) is 1.00. The van der Waals surface area contributed by atoms with Crippen molar-refractivity contribution in [1.29, 1.82) is 0 Å². The van der Waals surface area contributed by atoms with Crippen LogP contribution in [0.5, 0.6) is 0 Å². The Hall–Kier alpha value is -0.0400. The van der Waals surface area contributed by atoms with Gasteiger partial charge < -0.3 is 4.74 Å². The molecular weight excluding hydrogens is 160 g/mol. The summed E-state index contributed by atoms with van der Waals surface area (Å²) in [4.78, 5) is 0. The summed E-state index contributed by atoms with van der Waals surface area (Å²) in [5.74, 6) is 0. The Balaban J connectivity index is 2.40. The molecule has 1 aliphatic rings. The predicted molar refractivity (Wildman–Crippen MR) is 57.0 cm³/mol. The van der Waals surface area contributed by atoms with Crippen molar-refractivity contribution in [3.8, 4) is 0 Å². The van der Waals surface area contributed by atoms with Gasteiger partial charge in [0.1, 0.15) is 0 Å². The van der Waals surface area contributed by atoms with Crippen LogP contribution in [0.25, 0.3) is 0 Å². The summed E-state index contributed by atoms with van der Waals surface area (Å²) in [5, 5.41) is 0. The van der Waals surface area contributed by atoms with E-state index in [0.29, 0.717) is 0 Å². The van der Waals surface area contributed by atoms with E-state index in [1.165, 1.54) is 51.4 Å². The summed E-state index contributed by atoms with van der Waals surface area (Å²) in [7, 11) is 0. The second-order valence-corrected chi connectivity index (χ2v) is 4.28. The van der Waals surface area contributed by atoms with Gasteiger partial charge in [-0.15, -0.1) is 0 Å². The molecule has 0 aromatic rings. The van der Waals surface area contributed by atoms with Crippen molar-refractivity contribution < 1.29 is 4.74 Å². The van der Waals surface area contributed by atoms with Crippen LogP contribution in [0.2, 0.25) is 0 Å². The number of unbranched alkanes of at least 4 members (excludes halogenated alkanes) is 1. The summed E-state index contributed by atoms with van der Waals surface area (Å²) < 4.78 is 5.97. The molecule has 0 unspecified atom stereocenters. The van der Waals surface area contributed by atoms with Crippen molar-refractivity contribution in [2.75, 3.05) is 6.61 Å². The molecule has 1 nitrogen and oxygen atoms in total. The molecule has 0 atom stereocenters. The lowest BCUT2D eigenvalue weighted by molar-refractivity contribution is -0.0714. The first-order chi connectivity index (χ1) is 6.33. The van der Waals surface area contributed by atoms with Crippen molar-refractivity contribution >= 4 is 0 Å². The predicted octanol–water partition coefficient (Wildman–Crippen LogP) is 3.92. The highest BCUT2D eigenvalue weighted by Gasteiger charge is 2.31. The second kappa shape index (κ2) is 5.64. The van der Waals surface area contributed by atoms with E-state index in [1.54, 1.807) is 0 Å². The van der Waals surface area contributed by atoms with Gasteiger partial charge in [-0.3, -0.25) is 0 Å². The van der Waals surface area contributed by atoms with E-state index in [0.717, 1.165) is 6.61 Å². The third-order valence-corrected chi connectivity index (χ3v) is 3.20. The summed E-state index contributed by atoms with van der Waals surface area (Å²) in [5.41, 5.74) is 0.281. The Morgan fingerprint density at radius 1 is 1.08 bits per heavy atom. The molecule has 1 saturated carbocycles. The smallest absolute Gasteiger partial charge is 0.0682 e. The summed E-state index contributed by atoms with van der Waals surface area (Å²) in [6, 6.07) is 0. The highest BCUT2D eigenvalue weighted by Crippen LogP contribution is 2.35. The summed E-state index contributed by atoms with van der Waals surface area (Å²) >= 11 is 0. The largest absolute Gasteiger partial charge is 0.375 e. The minimum Gasteiger partial charge on any atom is -0.375 e. The van der Waals surface area contributed by atoms with Gasteiger partial charge in [-0.2, -0.15) is 0 Å². The van der Waals surface area contributed by atoms with Crippen molar-refractivity contribution in [2.45, 2.75) is 70.8 Å². The van der Waals surface area contributed by atoms with E-state index in [-0.39, 0.29) is 5.60 Å². The van der Waals surface area contributed by atoms with Crippen LogP contribution >= 0.6 is 0 Å². The number of hydrogen-bond acceptors (Lipinski definition) is 1. The molecule has 0 saturated heterocycles. The monoisotopic (exact) mass is 184 g/mol. The first kappa shape index (κ1) is 11.0. The average Bonchev–Trinajstić information content (AvgIpc) is 2.17. The summed E-state index contributed by atoms with van der Waals surface area (Å²) in [6.07, 6.45) is 10.7. The Bertz CT molecular complexity index is 120. The van der Waals surface area contributed by atoms with E-state index >= 15 is 0 Å². The maximum atomic E-state index is 5.97. The minimum absolute atomic E-state index is 0.281. The first-order valence-electron chi connectivity index (χ1n) is 5.97. The molecule has 0 bridgehead atoms. The molecule has 0 aromatic heterocycles. The Morgan fingerprint density at radius 3 is 2.31 bits per heavy atom. The zero-order chi connectivity index (χ0) is 9.57. The molecule has 78 valence electrons. The Labute approximate surface area is 82.9 Å². The fourth-order valence-electron chi connectivity index (χ4n) is 2.47. The van der Waals surface area contributed by atoms with Crippen LogP contribution in [0.3, 0.4) is 0 Å². The zero-order valence-electron chi connectivity index (χ0n) is 9.27. The standard InChI is InChI=1S/C12H24O/c1-3-5-9-12(13-4-2)10-7-6-8-11-12/h3-11H2,1-2H3. The maximum absolute atomic E-state index is 5.97. The van der Waals surface area contributed by atoms with E-state index in [2.05, 4.69) is 13.8 Å². The molecule has 0 N–H and O–H groups in total. The van der Waals surface area contributed by atoms with Gasteiger partial charge in [0, 0.05) is 6.61 Å². The quantitative estimate of drug-likeness (QED) is 0.629. The van der Waals surface area contributed by atoms with E-state index in [4.69, 9.17) is 4.74 Å². The van der Waals surface area contributed by atoms with Gasteiger partial charge in [0.2, 0.25) is 0 Å². The van der Waals surface area contributed by atoms with Crippen LogP contribution in [0, 0.1) is 0 Å². The number of hydrogen-bond donors (Lipinski definition) is 0. The van der Waals surface area contributed by atoms with Crippen LogP contribution in [-0.2, 0) is 4.74 Å². The topological polar surface area (TPSA) is 9.23 Å².